The van der Waals surface area contributed by atoms with E-state index in [0.717, 1.165) is 13.0 Å². The van der Waals surface area contributed by atoms with Gasteiger partial charge in [-0.15, -0.1) is 0 Å². The smallest absolute Gasteiger partial charge is 0.222 e. The van der Waals surface area contributed by atoms with Gasteiger partial charge in [0.1, 0.15) is 11.9 Å². The Balaban J connectivity index is 2.21. The number of amides is 1. The molecule has 2 N–H and O–H groups in total. The summed E-state index contributed by atoms with van der Waals surface area (Å²) >= 11 is 0. The molecule has 1 aromatic rings. The third-order valence-electron chi connectivity index (χ3n) is 2.80. The van der Waals surface area contributed by atoms with Gasteiger partial charge in [0.05, 0.1) is 11.5 Å². The van der Waals surface area contributed by atoms with Crippen LogP contribution in [0, 0.1) is 17.2 Å². The first-order chi connectivity index (χ1) is 7.72. The zero-order chi connectivity index (χ0) is 11.5. The molecule has 1 aromatic heterocycles. The minimum Gasteiger partial charge on any atom is -0.369 e. The fourth-order valence-corrected chi connectivity index (χ4v) is 1.92. The number of carbonyl (C=O) groups is 1. The van der Waals surface area contributed by atoms with Gasteiger partial charge in [0.2, 0.25) is 5.91 Å². The van der Waals surface area contributed by atoms with Crippen molar-refractivity contribution in [2.45, 2.75) is 6.42 Å². The zero-order valence-electron chi connectivity index (χ0n) is 8.76. The van der Waals surface area contributed by atoms with Gasteiger partial charge < -0.3 is 10.6 Å². The number of rotatable bonds is 2. The number of anilines is 1. The van der Waals surface area contributed by atoms with Crippen LogP contribution in [0.25, 0.3) is 0 Å². The van der Waals surface area contributed by atoms with E-state index in [4.69, 9.17) is 11.0 Å². The number of nitrogens with two attached hydrogens (primary N) is 1. The molecule has 1 atom stereocenters. The lowest BCUT2D eigenvalue weighted by atomic mass is 10.1. The molecule has 1 aliphatic heterocycles. The Labute approximate surface area is 93.5 Å². The summed E-state index contributed by atoms with van der Waals surface area (Å²) in [6, 6.07) is 5.54. The Morgan fingerprint density at radius 3 is 3.12 bits per heavy atom. The number of hydrogen-bond acceptors (Lipinski definition) is 4. The van der Waals surface area contributed by atoms with Crippen LogP contribution >= 0.6 is 0 Å². The Hall–Kier alpha value is -2.09. The standard InChI is InChI=1S/C11H12N4O/c12-6-8-2-1-4-14-11(8)15-5-3-9(7-15)10(13)16/h1-2,4,9H,3,5,7H2,(H2,13,16). The Morgan fingerprint density at radius 1 is 1.69 bits per heavy atom. The summed E-state index contributed by atoms with van der Waals surface area (Å²) in [4.78, 5) is 17.2. The molecule has 0 aromatic carbocycles. The molecule has 0 aliphatic carbocycles. The fraction of sp³-hybridized carbons (Fsp3) is 0.364. The Kier molecular flexibility index (Phi) is 2.73. The van der Waals surface area contributed by atoms with Crippen LogP contribution < -0.4 is 10.6 Å². The summed E-state index contributed by atoms with van der Waals surface area (Å²) in [7, 11) is 0. The second-order valence-electron chi connectivity index (χ2n) is 3.82. The number of aromatic nitrogens is 1. The maximum absolute atomic E-state index is 11.0. The van der Waals surface area contributed by atoms with Crippen LogP contribution in [0.2, 0.25) is 0 Å². The minimum absolute atomic E-state index is 0.131. The summed E-state index contributed by atoms with van der Waals surface area (Å²) in [6.45, 7) is 1.28. The van der Waals surface area contributed by atoms with Gasteiger partial charge in [-0.1, -0.05) is 0 Å². The molecule has 2 rings (SSSR count). The summed E-state index contributed by atoms with van der Waals surface area (Å²) < 4.78 is 0. The fourth-order valence-electron chi connectivity index (χ4n) is 1.92. The largest absolute Gasteiger partial charge is 0.369 e. The average molecular weight is 216 g/mol. The third kappa shape index (κ3) is 1.82. The third-order valence-corrected chi connectivity index (χ3v) is 2.80. The van der Waals surface area contributed by atoms with Gasteiger partial charge in [-0.25, -0.2) is 4.98 Å². The van der Waals surface area contributed by atoms with E-state index in [1.165, 1.54) is 0 Å². The number of nitrogens with zero attached hydrogens (tertiary/aromatic N) is 3. The Morgan fingerprint density at radius 2 is 2.50 bits per heavy atom. The van der Waals surface area contributed by atoms with Crippen LogP contribution in [0.15, 0.2) is 18.3 Å². The lowest BCUT2D eigenvalue weighted by Gasteiger charge is -2.17. The second kappa shape index (κ2) is 4.19. The zero-order valence-corrected chi connectivity index (χ0v) is 8.76. The first-order valence-electron chi connectivity index (χ1n) is 5.11. The molecule has 0 bridgehead atoms. The molecular formula is C11H12N4O. The van der Waals surface area contributed by atoms with Crippen molar-refractivity contribution in [1.29, 1.82) is 5.26 Å². The number of primary amides is 1. The van der Waals surface area contributed by atoms with Crippen LogP contribution in [0.4, 0.5) is 5.82 Å². The Bertz CT molecular complexity index is 452. The topological polar surface area (TPSA) is 83.0 Å². The van der Waals surface area contributed by atoms with Crippen molar-refractivity contribution in [2.75, 3.05) is 18.0 Å². The molecule has 82 valence electrons. The second-order valence-corrected chi connectivity index (χ2v) is 3.82. The molecule has 0 radical (unpaired) electrons. The maximum atomic E-state index is 11.0. The van der Waals surface area contributed by atoms with Crippen LogP contribution in [0.5, 0.6) is 0 Å². The van der Waals surface area contributed by atoms with Gasteiger partial charge >= 0.3 is 0 Å². The highest BCUT2D eigenvalue weighted by atomic mass is 16.1. The summed E-state index contributed by atoms with van der Waals surface area (Å²) in [5.41, 5.74) is 5.79. The van der Waals surface area contributed by atoms with Crippen LogP contribution in [0.3, 0.4) is 0 Å². The van der Waals surface area contributed by atoms with Crippen molar-refractivity contribution in [3.05, 3.63) is 23.9 Å². The van der Waals surface area contributed by atoms with Crippen molar-refractivity contribution in [3.8, 4) is 6.07 Å². The van der Waals surface area contributed by atoms with Crippen LogP contribution in [0.1, 0.15) is 12.0 Å². The van der Waals surface area contributed by atoms with Crippen molar-refractivity contribution < 1.29 is 4.79 Å². The van der Waals surface area contributed by atoms with Gasteiger partial charge in [-0.05, 0) is 18.6 Å². The van der Waals surface area contributed by atoms with Crippen molar-refractivity contribution >= 4 is 11.7 Å². The van der Waals surface area contributed by atoms with Crippen LogP contribution in [-0.4, -0.2) is 24.0 Å². The van der Waals surface area contributed by atoms with Gasteiger partial charge in [0.15, 0.2) is 0 Å². The molecule has 5 nitrogen and oxygen atoms in total. The first kappa shape index (κ1) is 10.4. The molecule has 5 heteroatoms. The maximum Gasteiger partial charge on any atom is 0.222 e. The number of carbonyl (C=O) groups excluding carboxylic acids is 1. The van der Waals surface area contributed by atoms with Crippen molar-refractivity contribution in [2.24, 2.45) is 11.7 Å². The normalized spacial score (nSPS) is 19.4. The molecule has 1 unspecified atom stereocenters. The van der Waals surface area contributed by atoms with Crippen LogP contribution in [-0.2, 0) is 4.79 Å². The summed E-state index contributed by atoms with van der Waals surface area (Å²) in [6.07, 6.45) is 2.38. The number of nitriles is 1. The highest BCUT2D eigenvalue weighted by molar-refractivity contribution is 5.78. The highest BCUT2D eigenvalue weighted by Gasteiger charge is 2.28. The molecule has 1 amide bonds. The average Bonchev–Trinajstić information content (AvgIpc) is 2.78. The summed E-state index contributed by atoms with van der Waals surface area (Å²) in [5.74, 6) is 0.235. The highest BCUT2D eigenvalue weighted by Crippen LogP contribution is 2.24. The predicted molar refractivity (Wildman–Crippen MR) is 58.5 cm³/mol. The van der Waals surface area contributed by atoms with E-state index in [9.17, 15) is 4.79 Å². The van der Waals surface area contributed by atoms with Crippen molar-refractivity contribution in [3.63, 3.8) is 0 Å². The van der Waals surface area contributed by atoms with Crippen molar-refractivity contribution in [1.82, 2.24) is 4.98 Å². The molecule has 16 heavy (non-hydrogen) atoms. The summed E-state index contributed by atoms with van der Waals surface area (Å²) in [5, 5.41) is 8.95. The monoisotopic (exact) mass is 216 g/mol. The van der Waals surface area contributed by atoms with Gasteiger partial charge in [0.25, 0.3) is 0 Å². The van der Waals surface area contributed by atoms with E-state index in [1.807, 2.05) is 4.90 Å². The van der Waals surface area contributed by atoms with E-state index in [1.54, 1.807) is 18.3 Å². The van der Waals surface area contributed by atoms with E-state index >= 15 is 0 Å². The SMILES string of the molecule is N#Cc1cccnc1N1CCC(C(N)=O)C1. The molecule has 2 heterocycles. The van der Waals surface area contributed by atoms with E-state index < -0.39 is 0 Å². The molecule has 0 saturated carbocycles. The molecule has 1 saturated heterocycles. The van der Waals surface area contributed by atoms with Gasteiger partial charge in [0, 0.05) is 19.3 Å². The van der Waals surface area contributed by atoms with Gasteiger partial charge in [-0.3, -0.25) is 4.79 Å². The quantitative estimate of drug-likeness (QED) is 0.768. The molecule has 1 aliphatic rings. The van der Waals surface area contributed by atoms with E-state index in [2.05, 4.69) is 11.1 Å². The molecule has 0 spiro atoms. The number of hydrogen-bond donors (Lipinski definition) is 1. The lowest BCUT2D eigenvalue weighted by molar-refractivity contribution is -0.121. The lowest BCUT2D eigenvalue weighted by Crippen LogP contribution is -2.28. The predicted octanol–water partition coefficient (Wildman–Crippen LogP) is 0.265. The molecular weight excluding hydrogens is 204 g/mol. The number of pyridine rings is 1. The van der Waals surface area contributed by atoms with E-state index in [-0.39, 0.29) is 11.8 Å². The van der Waals surface area contributed by atoms with Gasteiger partial charge in [-0.2, -0.15) is 5.26 Å². The minimum atomic E-state index is -0.281. The first-order valence-corrected chi connectivity index (χ1v) is 5.11. The molecule has 1 fully saturated rings. The van der Waals surface area contributed by atoms with E-state index in [0.29, 0.717) is 17.9 Å².